The van der Waals surface area contributed by atoms with Gasteiger partial charge >= 0.3 is 0 Å². The van der Waals surface area contributed by atoms with Gasteiger partial charge in [-0.05, 0) is 17.7 Å². The van der Waals surface area contributed by atoms with Gasteiger partial charge in [-0.2, -0.15) is 0 Å². The minimum atomic E-state index is -0.145. The molecule has 0 radical (unpaired) electrons. The summed E-state index contributed by atoms with van der Waals surface area (Å²) in [6.45, 7) is 6.54. The molecule has 20 heavy (non-hydrogen) atoms. The lowest BCUT2D eigenvalue weighted by atomic mass is 9.84. The Balaban J connectivity index is 2.47. The molecule has 0 saturated heterocycles. The molecule has 2 amide bonds. The fourth-order valence-corrected chi connectivity index (χ4v) is 2.17. The molecule has 0 fully saturated rings. The molecule has 4 nitrogen and oxygen atoms in total. The van der Waals surface area contributed by atoms with Crippen molar-refractivity contribution in [2.45, 2.75) is 32.6 Å². The summed E-state index contributed by atoms with van der Waals surface area (Å²) < 4.78 is 1.03. The van der Waals surface area contributed by atoms with Gasteiger partial charge in [0.1, 0.15) is 0 Å². The molecule has 110 valence electrons. The topological polar surface area (TPSA) is 58.2 Å². The fourth-order valence-electron chi connectivity index (χ4n) is 1.77. The maximum Gasteiger partial charge on any atom is 0.221 e. The molecule has 1 rings (SSSR count). The second-order valence-corrected chi connectivity index (χ2v) is 6.32. The van der Waals surface area contributed by atoms with E-state index in [1.807, 2.05) is 18.2 Å². The average molecular weight is 341 g/mol. The molecule has 0 aliphatic carbocycles. The van der Waals surface area contributed by atoms with E-state index >= 15 is 0 Å². The number of carbonyl (C=O) groups excluding carboxylic acids is 2. The summed E-state index contributed by atoms with van der Waals surface area (Å²) in [7, 11) is 0. The first-order valence-electron chi connectivity index (χ1n) is 6.58. The van der Waals surface area contributed by atoms with E-state index in [1.165, 1.54) is 6.92 Å². The first-order valence-corrected chi connectivity index (χ1v) is 7.38. The van der Waals surface area contributed by atoms with Crippen LogP contribution >= 0.6 is 15.9 Å². The summed E-state index contributed by atoms with van der Waals surface area (Å²) in [4.78, 5) is 22.4. The monoisotopic (exact) mass is 340 g/mol. The van der Waals surface area contributed by atoms with Crippen molar-refractivity contribution >= 4 is 27.7 Å². The van der Waals surface area contributed by atoms with Crippen molar-refractivity contribution in [3.63, 3.8) is 0 Å². The highest BCUT2D eigenvalue weighted by atomic mass is 79.9. The minimum Gasteiger partial charge on any atom is -0.356 e. The molecule has 0 saturated carbocycles. The highest BCUT2D eigenvalue weighted by molar-refractivity contribution is 9.10. The van der Waals surface area contributed by atoms with Crippen molar-refractivity contribution < 1.29 is 9.59 Å². The van der Waals surface area contributed by atoms with Crippen LogP contribution in [0.1, 0.15) is 32.8 Å². The Bertz CT molecular complexity index is 487. The van der Waals surface area contributed by atoms with Gasteiger partial charge in [0.15, 0.2) is 0 Å². The predicted octanol–water partition coefficient (Wildman–Crippen LogP) is 2.37. The zero-order chi connectivity index (χ0) is 15.2. The lowest BCUT2D eigenvalue weighted by Gasteiger charge is -2.26. The van der Waals surface area contributed by atoms with Crippen molar-refractivity contribution in [3.8, 4) is 0 Å². The first kappa shape index (κ1) is 16.7. The second kappa shape index (κ2) is 7.43. The van der Waals surface area contributed by atoms with Crippen LogP contribution in [-0.2, 0) is 15.0 Å². The molecular weight excluding hydrogens is 320 g/mol. The summed E-state index contributed by atoms with van der Waals surface area (Å²) in [6, 6.07) is 8.07. The van der Waals surface area contributed by atoms with Crippen LogP contribution in [0.4, 0.5) is 0 Å². The van der Waals surface area contributed by atoms with Gasteiger partial charge in [0, 0.05) is 36.3 Å². The largest absolute Gasteiger partial charge is 0.356 e. The van der Waals surface area contributed by atoms with Crippen LogP contribution in [0.25, 0.3) is 0 Å². The second-order valence-electron chi connectivity index (χ2n) is 5.40. The van der Waals surface area contributed by atoms with Gasteiger partial charge in [-0.1, -0.05) is 41.9 Å². The van der Waals surface area contributed by atoms with Crippen molar-refractivity contribution in [1.29, 1.82) is 0 Å². The quantitative estimate of drug-likeness (QED) is 0.835. The molecule has 0 heterocycles. The Morgan fingerprint density at radius 3 is 2.55 bits per heavy atom. The summed E-state index contributed by atoms with van der Waals surface area (Å²) in [5.74, 6) is -0.172. The Morgan fingerprint density at radius 2 is 1.95 bits per heavy atom. The molecule has 0 spiro atoms. The predicted molar refractivity (Wildman–Crippen MR) is 83.5 cm³/mol. The SMILES string of the molecule is CC(=O)NCCC(=O)NCC(C)(C)c1cccc(Br)c1. The number of halogens is 1. The normalized spacial score (nSPS) is 11.0. The molecule has 0 atom stereocenters. The Labute approximate surface area is 128 Å². The summed E-state index contributed by atoms with van der Waals surface area (Å²) in [5.41, 5.74) is 1.02. The van der Waals surface area contributed by atoms with Crippen LogP contribution in [0, 0.1) is 0 Å². The third kappa shape index (κ3) is 5.74. The van der Waals surface area contributed by atoms with E-state index in [0.717, 1.165) is 10.0 Å². The summed E-state index contributed by atoms with van der Waals surface area (Å²) >= 11 is 3.45. The Kier molecular flexibility index (Phi) is 6.20. The van der Waals surface area contributed by atoms with E-state index in [0.29, 0.717) is 19.5 Å². The maximum absolute atomic E-state index is 11.7. The fraction of sp³-hybridized carbons (Fsp3) is 0.467. The van der Waals surface area contributed by atoms with Crippen molar-refractivity contribution in [2.75, 3.05) is 13.1 Å². The number of hydrogen-bond acceptors (Lipinski definition) is 2. The third-order valence-corrected chi connectivity index (χ3v) is 3.55. The number of nitrogens with one attached hydrogen (secondary N) is 2. The summed E-state index contributed by atoms with van der Waals surface area (Å²) in [5, 5.41) is 5.52. The number of benzene rings is 1. The molecule has 1 aromatic rings. The van der Waals surface area contributed by atoms with Gasteiger partial charge in [0.05, 0.1) is 0 Å². The first-order chi connectivity index (χ1) is 9.31. The van der Waals surface area contributed by atoms with Gasteiger partial charge in [-0.15, -0.1) is 0 Å². The van der Waals surface area contributed by atoms with Crippen LogP contribution < -0.4 is 10.6 Å². The van der Waals surface area contributed by atoms with Crippen molar-refractivity contribution in [1.82, 2.24) is 10.6 Å². The highest BCUT2D eigenvalue weighted by Gasteiger charge is 2.21. The van der Waals surface area contributed by atoms with E-state index in [9.17, 15) is 9.59 Å². The highest BCUT2D eigenvalue weighted by Crippen LogP contribution is 2.24. The summed E-state index contributed by atoms with van der Waals surface area (Å²) in [6.07, 6.45) is 0.300. The van der Waals surface area contributed by atoms with Gasteiger partial charge < -0.3 is 10.6 Å². The van der Waals surface area contributed by atoms with E-state index < -0.39 is 0 Å². The van der Waals surface area contributed by atoms with Crippen LogP contribution in [0.5, 0.6) is 0 Å². The van der Waals surface area contributed by atoms with Crippen LogP contribution in [0.3, 0.4) is 0 Å². The van der Waals surface area contributed by atoms with Crippen LogP contribution in [0.2, 0.25) is 0 Å². The average Bonchev–Trinajstić information content (AvgIpc) is 2.36. The Morgan fingerprint density at radius 1 is 1.25 bits per heavy atom. The lowest BCUT2D eigenvalue weighted by Crippen LogP contribution is -2.38. The van der Waals surface area contributed by atoms with Gasteiger partial charge in [0.25, 0.3) is 0 Å². The van der Waals surface area contributed by atoms with E-state index in [1.54, 1.807) is 0 Å². The molecule has 0 aliphatic rings. The van der Waals surface area contributed by atoms with E-state index in [4.69, 9.17) is 0 Å². The smallest absolute Gasteiger partial charge is 0.221 e. The van der Waals surface area contributed by atoms with Gasteiger partial charge in [0.2, 0.25) is 11.8 Å². The molecule has 2 N–H and O–H groups in total. The molecule has 0 bridgehead atoms. The molecule has 5 heteroatoms. The molecular formula is C15H21BrN2O2. The zero-order valence-corrected chi connectivity index (χ0v) is 13.7. The van der Waals surface area contributed by atoms with Crippen LogP contribution in [-0.4, -0.2) is 24.9 Å². The number of hydrogen-bond donors (Lipinski definition) is 2. The van der Waals surface area contributed by atoms with Crippen LogP contribution in [0.15, 0.2) is 28.7 Å². The standard InChI is InChI=1S/C15H21BrN2O2/c1-11(19)17-8-7-14(20)18-10-15(2,3)12-5-4-6-13(16)9-12/h4-6,9H,7-8,10H2,1-3H3,(H,17,19)(H,18,20). The number of carbonyl (C=O) groups is 2. The van der Waals surface area contributed by atoms with Gasteiger partial charge in [-0.3, -0.25) is 9.59 Å². The van der Waals surface area contributed by atoms with Crippen molar-refractivity contribution in [3.05, 3.63) is 34.3 Å². The number of amides is 2. The molecule has 0 aliphatic heterocycles. The van der Waals surface area contributed by atoms with Gasteiger partial charge in [-0.25, -0.2) is 0 Å². The Hall–Kier alpha value is -1.36. The molecule has 0 aromatic heterocycles. The van der Waals surface area contributed by atoms with E-state index in [2.05, 4.69) is 46.5 Å². The lowest BCUT2D eigenvalue weighted by molar-refractivity contribution is -0.121. The third-order valence-electron chi connectivity index (χ3n) is 3.06. The van der Waals surface area contributed by atoms with E-state index in [-0.39, 0.29) is 17.2 Å². The number of rotatable bonds is 6. The molecule has 0 unspecified atom stereocenters. The van der Waals surface area contributed by atoms with Crippen molar-refractivity contribution in [2.24, 2.45) is 0 Å². The minimum absolute atomic E-state index is 0.0539. The molecule has 1 aromatic carbocycles. The maximum atomic E-state index is 11.7. The zero-order valence-electron chi connectivity index (χ0n) is 12.1.